The Balaban J connectivity index is 1.94. The van der Waals surface area contributed by atoms with Gasteiger partial charge in [0.05, 0.1) is 5.88 Å². The number of rotatable bonds is 3. The van der Waals surface area contributed by atoms with Gasteiger partial charge in [0.1, 0.15) is 11.3 Å². The van der Waals surface area contributed by atoms with Gasteiger partial charge in [-0.1, -0.05) is 0 Å². The number of likely N-dealkylation sites (tertiary alicyclic amines) is 1. The second-order valence-corrected chi connectivity index (χ2v) is 5.30. The predicted molar refractivity (Wildman–Crippen MR) is 72.7 cm³/mol. The molecule has 0 aliphatic carbocycles. The summed E-state index contributed by atoms with van der Waals surface area (Å²) >= 11 is 6.00. The van der Waals surface area contributed by atoms with Crippen LogP contribution in [-0.2, 0) is 12.4 Å². The van der Waals surface area contributed by atoms with Crippen LogP contribution in [0.25, 0.3) is 11.2 Å². The largest absolute Gasteiger partial charge is 0.311 e. The Labute approximate surface area is 112 Å². The van der Waals surface area contributed by atoms with Crippen LogP contribution < -0.4 is 0 Å². The molecule has 0 bridgehead atoms. The fourth-order valence-electron chi connectivity index (χ4n) is 2.73. The molecule has 2 aromatic heterocycles. The molecule has 4 nitrogen and oxygen atoms in total. The number of aromatic nitrogens is 3. The summed E-state index contributed by atoms with van der Waals surface area (Å²) in [6.45, 7) is 3.30. The van der Waals surface area contributed by atoms with Crippen molar-refractivity contribution in [2.45, 2.75) is 18.8 Å². The normalized spacial score (nSPS) is 20.9. The fraction of sp³-hybridized carbons (Fsp3) is 0.538. The average molecular weight is 265 g/mol. The molecule has 0 radical (unpaired) electrons. The molecule has 1 aliphatic heterocycles. The second-order valence-electron chi connectivity index (χ2n) is 5.04. The van der Waals surface area contributed by atoms with Gasteiger partial charge in [0.25, 0.3) is 0 Å². The van der Waals surface area contributed by atoms with Crippen LogP contribution in [0, 0.1) is 5.92 Å². The molecule has 1 unspecified atom stereocenters. The van der Waals surface area contributed by atoms with Gasteiger partial charge < -0.3 is 9.47 Å². The minimum Gasteiger partial charge on any atom is -0.311 e. The topological polar surface area (TPSA) is 34.0 Å². The van der Waals surface area contributed by atoms with Gasteiger partial charge >= 0.3 is 0 Å². The van der Waals surface area contributed by atoms with E-state index in [1.807, 2.05) is 18.3 Å². The van der Waals surface area contributed by atoms with E-state index in [4.69, 9.17) is 11.6 Å². The lowest BCUT2D eigenvalue weighted by Gasteiger charge is -2.13. The molecule has 2 aromatic rings. The molecule has 1 fully saturated rings. The zero-order valence-corrected chi connectivity index (χ0v) is 11.3. The molecule has 3 rings (SSSR count). The summed E-state index contributed by atoms with van der Waals surface area (Å²) in [5, 5.41) is 0. The zero-order chi connectivity index (χ0) is 12.5. The highest BCUT2D eigenvalue weighted by atomic mass is 35.5. The van der Waals surface area contributed by atoms with Crippen LogP contribution >= 0.6 is 11.6 Å². The van der Waals surface area contributed by atoms with Crippen molar-refractivity contribution in [2.24, 2.45) is 5.92 Å². The number of hydrogen-bond donors (Lipinski definition) is 0. The standard InChI is InChI=1S/C13H17ClN4/c1-17-6-4-10(8-17)9-18-12(7-14)16-11-3-2-5-15-13(11)18/h2-3,5,10H,4,6-9H2,1H3. The summed E-state index contributed by atoms with van der Waals surface area (Å²) < 4.78 is 2.19. The Kier molecular flexibility index (Phi) is 3.22. The molecular weight excluding hydrogens is 248 g/mol. The summed E-state index contributed by atoms with van der Waals surface area (Å²) in [4.78, 5) is 11.4. The quantitative estimate of drug-likeness (QED) is 0.797. The van der Waals surface area contributed by atoms with Gasteiger partial charge in [0, 0.05) is 19.3 Å². The summed E-state index contributed by atoms with van der Waals surface area (Å²) in [5.41, 5.74) is 1.90. The highest BCUT2D eigenvalue weighted by Gasteiger charge is 2.22. The van der Waals surface area contributed by atoms with Crippen molar-refractivity contribution in [3.63, 3.8) is 0 Å². The van der Waals surface area contributed by atoms with Crippen molar-refractivity contribution in [1.29, 1.82) is 0 Å². The Morgan fingerprint density at radius 1 is 1.50 bits per heavy atom. The van der Waals surface area contributed by atoms with Gasteiger partial charge in [-0.15, -0.1) is 11.6 Å². The lowest BCUT2D eigenvalue weighted by atomic mass is 10.1. The van der Waals surface area contributed by atoms with E-state index in [9.17, 15) is 0 Å². The summed E-state index contributed by atoms with van der Waals surface area (Å²) in [6, 6.07) is 3.91. The summed E-state index contributed by atoms with van der Waals surface area (Å²) in [6.07, 6.45) is 3.06. The van der Waals surface area contributed by atoms with E-state index in [-0.39, 0.29) is 0 Å². The fourth-order valence-corrected chi connectivity index (χ4v) is 2.94. The maximum Gasteiger partial charge on any atom is 0.160 e. The van der Waals surface area contributed by atoms with Crippen molar-refractivity contribution in [3.8, 4) is 0 Å². The molecule has 1 atom stereocenters. The van der Waals surface area contributed by atoms with Crippen molar-refractivity contribution in [1.82, 2.24) is 19.4 Å². The number of alkyl halides is 1. The first-order chi connectivity index (χ1) is 8.78. The first-order valence-electron chi connectivity index (χ1n) is 6.32. The van der Waals surface area contributed by atoms with E-state index >= 15 is 0 Å². The maximum atomic E-state index is 6.00. The minimum atomic E-state index is 0.443. The van der Waals surface area contributed by atoms with Gasteiger partial charge in [0.2, 0.25) is 0 Å². The number of fused-ring (bicyclic) bond motifs is 1. The molecule has 3 heterocycles. The summed E-state index contributed by atoms with van der Waals surface area (Å²) in [7, 11) is 2.17. The molecular formula is C13H17ClN4. The molecule has 0 saturated carbocycles. The molecule has 1 aliphatic rings. The molecule has 0 N–H and O–H groups in total. The first-order valence-corrected chi connectivity index (χ1v) is 6.86. The lowest BCUT2D eigenvalue weighted by Crippen LogP contribution is -2.18. The predicted octanol–water partition coefficient (Wildman–Crippen LogP) is 2.12. The molecule has 0 aromatic carbocycles. The van der Waals surface area contributed by atoms with Crippen LogP contribution in [0.15, 0.2) is 18.3 Å². The van der Waals surface area contributed by atoms with Crippen LogP contribution in [0.3, 0.4) is 0 Å². The number of hydrogen-bond acceptors (Lipinski definition) is 3. The number of nitrogens with zero attached hydrogens (tertiary/aromatic N) is 4. The SMILES string of the molecule is CN1CCC(Cn2c(CCl)nc3cccnc32)C1. The third kappa shape index (κ3) is 2.10. The van der Waals surface area contributed by atoms with Crippen LogP contribution in [0.1, 0.15) is 12.2 Å². The van der Waals surface area contributed by atoms with E-state index in [1.165, 1.54) is 13.0 Å². The van der Waals surface area contributed by atoms with E-state index in [2.05, 4.69) is 26.5 Å². The second kappa shape index (κ2) is 4.86. The van der Waals surface area contributed by atoms with Crippen molar-refractivity contribution < 1.29 is 0 Å². The molecule has 96 valence electrons. The Morgan fingerprint density at radius 3 is 3.11 bits per heavy atom. The van der Waals surface area contributed by atoms with Crippen LogP contribution in [-0.4, -0.2) is 39.6 Å². The minimum absolute atomic E-state index is 0.443. The number of pyridine rings is 1. The summed E-state index contributed by atoms with van der Waals surface area (Å²) in [5.74, 6) is 2.05. The van der Waals surface area contributed by atoms with Gasteiger partial charge in [-0.25, -0.2) is 9.97 Å². The number of imidazole rings is 1. The highest BCUT2D eigenvalue weighted by molar-refractivity contribution is 6.16. The van der Waals surface area contributed by atoms with Crippen molar-refractivity contribution >= 4 is 22.8 Å². The smallest absolute Gasteiger partial charge is 0.160 e. The molecule has 0 amide bonds. The average Bonchev–Trinajstić information content (AvgIpc) is 2.94. The third-order valence-corrected chi connectivity index (χ3v) is 3.87. The van der Waals surface area contributed by atoms with Gasteiger partial charge in [0.15, 0.2) is 5.65 Å². The highest BCUT2D eigenvalue weighted by Crippen LogP contribution is 2.21. The van der Waals surface area contributed by atoms with Gasteiger partial charge in [-0.05, 0) is 38.1 Å². The Morgan fingerprint density at radius 2 is 2.39 bits per heavy atom. The third-order valence-electron chi connectivity index (χ3n) is 3.63. The molecule has 0 spiro atoms. The number of halogens is 1. The monoisotopic (exact) mass is 264 g/mol. The van der Waals surface area contributed by atoms with E-state index < -0.39 is 0 Å². The van der Waals surface area contributed by atoms with E-state index in [0.29, 0.717) is 11.8 Å². The first kappa shape index (κ1) is 11.9. The van der Waals surface area contributed by atoms with Crippen molar-refractivity contribution in [2.75, 3.05) is 20.1 Å². The molecule has 18 heavy (non-hydrogen) atoms. The Bertz CT molecular complexity index is 551. The zero-order valence-electron chi connectivity index (χ0n) is 10.5. The van der Waals surface area contributed by atoms with Crippen LogP contribution in [0.5, 0.6) is 0 Å². The van der Waals surface area contributed by atoms with Crippen LogP contribution in [0.4, 0.5) is 0 Å². The van der Waals surface area contributed by atoms with Gasteiger partial charge in [-0.2, -0.15) is 0 Å². The van der Waals surface area contributed by atoms with E-state index in [1.54, 1.807) is 0 Å². The van der Waals surface area contributed by atoms with E-state index in [0.717, 1.165) is 30.1 Å². The molecule has 1 saturated heterocycles. The van der Waals surface area contributed by atoms with Crippen molar-refractivity contribution in [3.05, 3.63) is 24.2 Å². The lowest BCUT2D eigenvalue weighted by molar-refractivity contribution is 0.378. The maximum absolute atomic E-state index is 6.00. The van der Waals surface area contributed by atoms with Crippen LogP contribution in [0.2, 0.25) is 0 Å². The molecule has 5 heteroatoms. The van der Waals surface area contributed by atoms with Gasteiger partial charge in [-0.3, -0.25) is 0 Å². The Hall–Kier alpha value is -1.13.